The maximum atomic E-state index is 12.4. The Bertz CT molecular complexity index is 509. The highest BCUT2D eigenvalue weighted by atomic mass is 16.2. The van der Waals surface area contributed by atoms with E-state index in [1.807, 2.05) is 0 Å². The van der Waals surface area contributed by atoms with Gasteiger partial charge < -0.3 is 15.5 Å². The number of amides is 1. The Labute approximate surface area is 133 Å². The van der Waals surface area contributed by atoms with Crippen LogP contribution in [0.1, 0.15) is 38.2 Å². The zero-order chi connectivity index (χ0) is 15.4. The highest BCUT2D eigenvalue weighted by Crippen LogP contribution is 2.24. The van der Waals surface area contributed by atoms with Gasteiger partial charge in [-0.25, -0.2) is 0 Å². The molecule has 0 saturated heterocycles. The molecule has 2 N–H and O–H groups in total. The van der Waals surface area contributed by atoms with Crippen LogP contribution >= 0.6 is 0 Å². The van der Waals surface area contributed by atoms with Crippen LogP contribution in [-0.4, -0.2) is 31.6 Å². The monoisotopic (exact) mass is 301 g/mol. The minimum absolute atomic E-state index is 0.163. The normalized spacial score (nSPS) is 25.2. The second kappa shape index (κ2) is 7.14. The molecule has 1 aliphatic heterocycles. The van der Waals surface area contributed by atoms with E-state index in [-0.39, 0.29) is 5.91 Å². The van der Waals surface area contributed by atoms with Crippen molar-refractivity contribution < 1.29 is 4.79 Å². The van der Waals surface area contributed by atoms with Gasteiger partial charge in [-0.2, -0.15) is 0 Å². The van der Waals surface area contributed by atoms with Gasteiger partial charge in [0, 0.05) is 31.4 Å². The lowest BCUT2D eigenvalue weighted by molar-refractivity contribution is -0.120. The summed E-state index contributed by atoms with van der Waals surface area (Å²) in [6.45, 7) is 5.45. The molecule has 0 bridgehead atoms. The molecular weight excluding hydrogens is 274 g/mol. The molecule has 1 fully saturated rings. The first kappa shape index (κ1) is 15.3. The second-order valence-electron chi connectivity index (χ2n) is 6.75. The average molecular weight is 301 g/mol. The smallest absolute Gasteiger partial charge is 0.239 e. The molecule has 4 nitrogen and oxygen atoms in total. The van der Waals surface area contributed by atoms with E-state index in [1.165, 1.54) is 24.1 Å². The minimum Gasteiger partial charge on any atom is -0.361 e. The summed E-state index contributed by atoms with van der Waals surface area (Å²) in [5, 5.41) is 6.66. The van der Waals surface area contributed by atoms with E-state index in [2.05, 4.69) is 46.7 Å². The first-order valence-electron chi connectivity index (χ1n) is 8.55. The predicted molar refractivity (Wildman–Crippen MR) is 89.9 cm³/mol. The summed E-state index contributed by atoms with van der Waals surface area (Å²) in [7, 11) is 0. The molecule has 3 rings (SSSR count). The summed E-state index contributed by atoms with van der Waals surface area (Å²) in [5.41, 5.74) is 2.47. The molecule has 0 atom stereocenters. The molecular formula is C18H27N3O. The number of fused-ring (bicyclic) bond motifs is 1. The maximum absolute atomic E-state index is 12.4. The third kappa shape index (κ3) is 3.80. The number of carbonyl (C=O) groups is 1. The standard InChI is InChI=1S/C18H27N3O/c1-14-6-8-16(9-7-14)20-18(22)13-21-11-10-19-12-15-4-2-3-5-17(15)21/h2-5,14,16,19H,6-13H2,1H3,(H,20,22). The van der Waals surface area contributed by atoms with Gasteiger partial charge in [0.2, 0.25) is 5.91 Å². The number of nitrogens with one attached hydrogen (secondary N) is 2. The summed E-state index contributed by atoms with van der Waals surface area (Å²) in [6, 6.07) is 8.76. The van der Waals surface area contributed by atoms with Crippen LogP contribution in [0.15, 0.2) is 24.3 Å². The molecule has 1 saturated carbocycles. The Morgan fingerprint density at radius 2 is 2.05 bits per heavy atom. The van der Waals surface area contributed by atoms with Crippen molar-refractivity contribution in [3.8, 4) is 0 Å². The number of rotatable bonds is 3. The number of carbonyl (C=O) groups excluding carboxylic acids is 1. The molecule has 0 spiro atoms. The van der Waals surface area contributed by atoms with Crippen LogP contribution < -0.4 is 15.5 Å². The van der Waals surface area contributed by atoms with Gasteiger partial charge in [0.25, 0.3) is 0 Å². The van der Waals surface area contributed by atoms with Crippen molar-refractivity contribution in [1.82, 2.24) is 10.6 Å². The van der Waals surface area contributed by atoms with Gasteiger partial charge in [0.15, 0.2) is 0 Å². The van der Waals surface area contributed by atoms with Crippen molar-refractivity contribution in [2.75, 3.05) is 24.5 Å². The molecule has 1 aromatic rings. The number of benzene rings is 1. The van der Waals surface area contributed by atoms with Gasteiger partial charge in [-0.1, -0.05) is 25.1 Å². The van der Waals surface area contributed by atoms with E-state index in [0.717, 1.165) is 38.4 Å². The molecule has 120 valence electrons. The molecule has 1 aliphatic carbocycles. The fourth-order valence-electron chi connectivity index (χ4n) is 3.54. The van der Waals surface area contributed by atoms with Crippen LogP contribution in [0, 0.1) is 5.92 Å². The van der Waals surface area contributed by atoms with Crippen LogP contribution in [0.4, 0.5) is 5.69 Å². The lowest BCUT2D eigenvalue weighted by atomic mass is 9.87. The van der Waals surface area contributed by atoms with E-state index in [0.29, 0.717) is 12.6 Å². The van der Waals surface area contributed by atoms with Crippen molar-refractivity contribution in [3.63, 3.8) is 0 Å². The topological polar surface area (TPSA) is 44.4 Å². The van der Waals surface area contributed by atoms with Crippen molar-refractivity contribution in [3.05, 3.63) is 29.8 Å². The molecule has 1 aromatic carbocycles. The van der Waals surface area contributed by atoms with E-state index in [9.17, 15) is 4.79 Å². The molecule has 0 unspecified atom stereocenters. The SMILES string of the molecule is CC1CCC(NC(=O)CN2CCNCc3ccccc32)CC1. The van der Waals surface area contributed by atoms with E-state index in [1.54, 1.807) is 0 Å². The van der Waals surface area contributed by atoms with Crippen molar-refractivity contribution in [2.24, 2.45) is 5.92 Å². The molecule has 4 heteroatoms. The van der Waals surface area contributed by atoms with Crippen LogP contribution in [0.3, 0.4) is 0 Å². The summed E-state index contributed by atoms with van der Waals surface area (Å²) in [4.78, 5) is 14.6. The molecule has 0 radical (unpaired) electrons. The molecule has 0 aromatic heterocycles. The number of anilines is 1. The third-order valence-corrected chi connectivity index (χ3v) is 4.92. The van der Waals surface area contributed by atoms with Crippen LogP contribution in [-0.2, 0) is 11.3 Å². The lowest BCUT2D eigenvalue weighted by Gasteiger charge is -2.29. The summed E-state index contributed by atoms with van der Waals surface area (Å²) in [5.74, 6) is 0.980. The Balaban J connectivity index is 1.59. The van der Waals surface area contributed by atoms with Crippen LogP contribution in [0.2, 0.25) is 0 Å². The van der Waals surface area contributed by atoms with Crippen molar-refractivity contribution >= 4 is 11.6 Å². The Morgan fingerprint density at radius 3 is 2.86 bits per heavy atom. The molecule has 1 amide bonds. The highest BCUT2D eigenvalue weighted by Gasteiger charge is 2.22. The summed E-state index contributed by atoms with van der Waals surface area (Å²) >= 11 is 0. The molecule has 22 heavy (non-hydrogen) atoms. The summed E-state index contributed by atoms with van der Waals surface area (Å²) < 4.78 is 0. The van der Waals surface area contributed by atoms with Crippen LogP contribution in [0.25, 0.3) is 0 Å². The van der Waals surface area contributed by atoms with E-state index >= 15 is 0 Å². The van der Waals surface area contributed by atoms with Crippen molar-refractivity contribution in [1.29, 1.82) is 0 Å². The Kier molecular flexibility index (Phi) is 4.98. The highest BCUT2D eigenvalue weighted by molar-refractivity contribution is 5.82. The average Bonchev–Trinajstić information content (AvgIpc) is 2.72. The molecule has 2 aliphatic rings. The van der Waals surface area contributed by atoms with E-state index in [4.69, 9.17) is 0 Å². The van der Waals surface area contributed by atoms with E-state index < -0.39 is 0 Å². The molecule has 1 heterocycles. The maximum Gasteiger partial charge on any atom is 0.239 e. The van der Waals surface area contributed by atoms with Gasteiger partial charge in [-0.3, -0.25) is 4.79 Å². The van der Waals surface area contributed by atoms with Crippen molar-refractivity contribution in [2.45, 2.75) is 45.2 Å². The third-order valence-electron chi connectivity index (χ3n) is 4.92. The van der Waals surface area contributed by atoms with Crippen LogP contribution in [0.5, 0.6) is 0 Å². The largest absolute Gasteiger partial charge is 0.361 e. The Hall–Kier alpha value is -1.55. The number of nitrogens with zero attached hydrogens (tertiary/aromatic N) is 1. The second-order valence-corrected chi connectivity index (χ2v) is 6.75. The zero-order valence-corrected chi connectivity index (χ0v) is 13.5. The number of hydrogen-bond acceptors (Lipinski definition) is 3. The quantitative estimate of drug-likeness (QED) is 0.900. The minimum atomic E-state index is 0.163. The Morgan fingerprint density at radius 1 is 1.27 bits per heavy atom. The first-order valence-corrected chi connectivity index (χ1v) is 8.55. The zero-order valence-electron chi connectivity index (χ0n) is 13.5. The van der Waals surface area contributed by atoms with Gasteiger partial charge in [0.05, 0.1) is 6.54 Å². The number of hydrogen-bond donors (Lipinski definition) is 2. The lowest BCUT2D eigenvalue weighted by Crippen LogP contribution is -2.44. The predicted octanol–water partition coefficient (Wildman–Crippen LogP) is 2.29. The fourth-order valence-corrected chi connectivity index (χ4v) is 3.54. The van der Waals surface area contributed by atoms with Gasteiger partial charge in [-0.05, 0) is 43.2 Å². The van der Waals surface area contributed by atoms with Gasteiger partial charge >= 0.3 is 0 Å². The van der Waals surface area contributed by atoms with Gasteiger partial charge in [0.1, 0.15) is 0 Å². The fraction of sp³-hybridized carbons (Fsp3) is 0.611. The number of para-hydroxylation sites is 1. The van der Waals surface area contributed by atoms with Gasteiger partial charge in [-0.15, -0.1) is 0 Å². The summed E-state index contributed by atoms with van der Waals surface area (Å²) in [6.07, 6.45) is 4.74. The first-order chi connectivity index (χ1) is 10.7.